The minimum Gasteiger partial charge on any atom is -0.449 e. The predicted molar refractivity (Wildman–Crippen MR) is 121 cm³/mol. The molecule has 0 amide bonds. The lowest BCUT2D eigenvalue weighted by atomic mass is 9.92. The summed E-state index contributed by atoms with van der Waals surface area (Å²) in [6.07, 6.45) is 7.17. The van der Waals surface area contributed by atoms with Gasteiger partial charge in [-0.25, -0.2) is 9.36 Å². The van der Waals surface area contributed by atoms with Gasteiger partial charge in [0.1, 0.15) is 5.76 Å². The summed E-state index contributed by atoms with van der Waals surface area (Å²) in [6.45, 7) is 0.135. The number of hydrogen-bond acceptors (Lipinski definition) is 5. The van der Waals surface area contributed by atoms with E-state index in [9.17, 15) is 9.59 Å². The van der Waals surface area contributed by atoms with Crippen molar-refractivity contribution in [2.75, 3.05) is 0 Å². The van der Waals surface area contributed by atoms with Crippen LogP contribution >= 0.6 is 11.6 Å². The molecule has 3 heterocycles. The van der Waals surface area contributed by atoms with Crippen molar-refractivity contribution in [3.63, 3.8) is 0 Å². The van der Waals surface area contributed by atoms with Crippen molar-refractivity contribution in [3.8, 4) is 23.1 Å². The molecule has 1 aliphatic carbocycles. The van der Waals surface area contributed by atoms with Crippen LogP contribution in [0.2, 0.25) is 5.02 Å². The second-order valence-electron chi connectivity index (χ2n) is 7.79. The molecule has 1 aromatic carbocycles. The van der Waals surface area contributed by atoms with Crippen LogP contribution in [0.4, 0.5) is 0 Å². The second-order valence-corrected chi connectivity index (χ2v) is 8.20. The first-order valence-electron chi connectivity index (χ1n) is 10.5. The van der Waals surface area contributed by atoms with E-state index in [0.717, 1.165) is 41.4 Å². The van der Waals surface area contributed by atoms with Gasteiger partial charge in [-0.1, -0.05) is 23.7 Å². The van der Waals surface area contributed by atoms with Gasteiger partial charge in [0.05, 0.1) is 34.9 Å². The van der Waals surface area contributed by atoms with Gasteiger partial charge in [-0.2, -0.15) is 5.26 Å². The molecule has 0 spiro atoms. The van der Waals surface area contributed by atoms with Crippen molar-refractivity contribution >= 4 is 22.7 Å². The molecule has 8 heteroatoms. The first-order valence-corrected chi connectivity index (χ1v) is 10.9. The Hall–Kier alpha value is -3.63. The van der Waals surface area contributed by atoms with E-state index < -0.39 is 11.2 Å². The molecule has 160 valence electrons. The molecule has 0 saturated heterocycles. The number of rotatable bonds is 4. The highest BCUT2D eigenvalue weighted by molar-refractivity contribution is 6.33. The van der Waals surface area contributed by atoms with Crippen molar-refractivity contribution in [1.29, 1.82) is 5.26 Å². The maximum atomic E-state index is 13.5. The number of pyridine rings is 1. The fourth-order valence-corrected chi connectivity index (χ4v) is 4.59. The average Bonchev–Trinajstić information content (AvgIpc) is 3.25. The summed E-state index contributed by atoms with van der Waals surface area (Å²) >= 11 is 6.32. The normalized spacial score (nSPS) is 13.1. The smallest absolute Gasteiger partial charge is 0.336 e. The fraction of sp³-hybridized carbons (Fsp3) is 0.250. The van der Waals surface area contributed by atoms with Crippen molar-refractivity contribution in [1.82, 2.24) is 14.1 Å². The molecule has 3 aromatic heterocycles. The average molecular weight is 447 g/mol. The van der Waals surface area contributed by atoms with E-state index in [0.29, 0.717) is 27.6 Å². The topological polar surface area (TPSA) is 93.8 Å². The minimum atomic E-state index is -0.544. The molecule has 0 saturated carbocycles. The Bertz CT molecular complexity index is 1510. The Morgan fingerprint density at radius 2 is 1.97 bits per heavy atom. The van der Waals surface area contributed by atoms with Gasteiger partial charge in [0, 0.05) is 24.4 Å². The van der Waals surface area contributed by atoms with Crippen LogP contribution in [0.25, 0.3) is 28.1 Å². The Morgan fingerprint density at radius 1 is 1.16 bits per heavy atom. The van der Waals surface area contributed by atoms with Crippen LogP contribution in [0.15, 0.2) is 56.7 Å². The molecular formula is C24H19ClN4O3. The Balaban J connectivity index is 1.83. The first-order chi connectivity index (χ1) is 15.6. The standard InChI is InChI=1S/C24H19ClN4O3/c25-18-9-4-3-8-17(18)21-12-19-22(32-21)23(30)29(24(31)28(19)11-5-10-26)20-14-27-13-15-6-1-2-7-16(15)20/h3-4,8-9,12-14H,1-2,5-7,11H2. The van der Waals surface area contributed by atoms with Crippen molar-refractivity contribution in [3.05, 3.63) is 79.7 Å². The van der Waals surface area contributed by atoms with E-state index in [2.05, 4.69) is 11.1 Å². The number of nitrogens with zero attached hydrogens (tertiary/aromatic N) is 4. The van der Waals surface area contributed by atoms with Gasteiger partial charge in [-0.3, -0.25) is 14.3 Å². The third kappa shape index (κ3) is 3.24. The molecule has 32 heavy (non-hydrogen) atoms. The zero-order valence-electron chi connectivity index (χ0n) is 17.2. The van der Waals surface area contributed by atoms with Gasteiger partial charge in [0.25, 0.3) is 0 Å². The lowest BCUT2D eigenvalue weighted by Crippen LogP contribution is -2.39. The molecule has 0 bridgehead atoms. The van der Waals surface area contributed by atoms with E-state index in [1.165, 1.54) is 4.57 Å². The summed E-state index contributed by atoms with van der Waals surface area (Å²) in [5.74, 6) is 0.388. The zero-order chi connectivity index (χ0) is 22.2. The Kier molecular flexibility index (Phi) is 5.16. The van der Waals surface area contributed by atoms with Gasteiger partial charge in [-0.15, -0.1) is 0 Å². The van der Waals surface area contributed by atoms with Crippen molar-refractivity contribution in [2.24, 2.45) is 0 Å². The van der Waals surface area contributed by atoms with E-state index >= 15 is 0 Å². The maximum absolute atomic E-state index is 13.5. The molecule has 7 nitrogen and oxygen atoms in total. The van der Waals surface area contributed by atoms with E-state index in [1.807, 2.05) is 6.07 Å². The maximum Gasteiger partial charge on any atom is 0.336 e. The van der Waals surface area contributed by atoms with Gasteiger partial charge in [0.15, 0.2) is 0 Å². The van der Waals surface area contributed by atoms with Gasteiger partial charge >= 0.3 is 11.2 Å². The fourth-order valence-electron chi connectivity index (χ4n) is 4.36. The summed E-state index contributed by atoms with van der Waals surface area (Å²) in [7, 11) is 0. The van der Waals surface area contributed by atoms with Crippen molar-refractivity contribution in [2.45, 2.75) is 38.6 Å². The first kappa shape index (κ1) is 20.3. The molecule has 0 atom stereocenters. The molecule has 0 N–H and O–H groups in total. The van der Waals surface area contributed by atoms with Crippen LogP contribution in [0.5, 0.6) is 0 Å². The highest BCUT2D eigenvalue weighted by atomic mass is 35.5. The molecule has 0 fully saturated rings. The number of halogens is 1. The number of aryl methyl sites for hydroxylation is 2. The third-order valence-electron chi connectivity index (χ3n) is 5.90. The number of benzene rings is 1. The van der Waals surface area contributed by atoms with Gasteiger partial charge in [-0.05, 0) is 48.9 Å². The molecule has 1 aliphatic rings. The van der Waals surface area contributed by atoms with Crippen LogP contribution in [-0.2, 0) is 19.4 Å². The molecule has 5 rings (SSSR count). The van der Waals surface area contributed by atoms with Gasteiger partial charge in [0.2, 0.25) is 5.58 Å². The van der Waals surface area contributed by atoms with E-state index in [4.69, 9.17) is 21.3 Å². The predicted octanol–water partition coefficient (Wildman–Crippen LogP) is 4.25. The monoisotopic (exact) mass is 446 g/mol. The number of aromatic nitrogens is 3. The van der Waals surface area contributed by atoms with Gasteiger partial charge < -0.3 is 4.42 Å². The summed E-state index contributed by atoms with van der Waals surface area (Å²) in [6, 6.07) is 10.8. The second kappa shape index (κ2) is 8.13. The number of furan rings is 1. The quantitative estimate of drug-likeness (QED) is 0.467. The van der Waals surface area contributed by atoms with E-state index in [1.54, 1.807) is 36.7 Å². The summed E-state index contributed by atoms with van der Waals surface area (Å²) in [4.78, 5) is 31.3. The largest absolute Gasteiger partial charge is 0.449 e. The minimum absolute atomic E-state index is 0.0471. The summed E-state index contributed by atoms with van der Waals surface area (Å²) in [5, 5.41) is 9.60. The Labute approximate surface area is 188 Å². The molecule has 0 radical (unpaired) electrons. The molecule has 0 unspecified atom stereocenters. The summed E-state index contributed by atoms with van der Waals surface area (Å²) in [5.41, 5.74) is 2.47. The molecule has 4 aromatic rings. The van der Waals surface area contributed by atoms with Crippen LogP contribution in [0, 0.1) is 11.3 Å². The lowest BCUT2D eigenvalue weighted by molar-refractivity contribution is 0.601. The highest BCUT2D eigenvalue weighted by Gasteiger charge is 2.23. The van der Waals surface area contributed by atoms with Crippen LogP contribution in [0.3, 0.4) is 0 Å². The summed E-state index contributed by atoms with van der Waals surface area (Å²) < 4.78 is 8.53. The van der Waals surface area contributed by atoms with Crippen LogP contribution in [0.1, 0.15) is 30.4 Å². The Morgan fingerprint density at radius 3 is 2.78 bits per heavy atom. The lowest BCUT2D eigenvalue weighted by Gasteiger charge is -2.19. The molecular weight excluding hydrogens is 428 g/mol. The highest BCUT2D eigenvalue weighted by Crippen LogP contribution is 2.31. The van der Waals surface area contributed by atoms with Crippen LogP contribution in [-0.4, -0.2) is 14.1 Å². The number of nitriles is 1. The van der Waals surface area contributed by atoms with Crippen molar-refractivity contribution < 1.29 is 4.42 Å². The van der Waals surface area contributed by atoms with E-state index in [-0.39, 0.29) is 18.5 Å². The third-order valence-corrected chi connectivity index (χ3v) is 6.23. The SMILES string of the molecule is N#CCCn1c(=O)n(-c2cncc3c2CCCC3)c(=O)c2oc(-c3ccccc3Cl)cc21. The van der Waals surface area contributed by atoms with Crippen LogP contribution < -0.4 is 11.2 Å². The number of hydrogen-bond donors (Lipinski definition) is 0. The number of fused-ring (bicyclic) bond motifs is 2. The molecule has 0 aliphatic heterocycles. The zero-order valence-corrected chi connectivity index (χ0v) is 17.9.